The number of benzene rings is 2. The fraction of sp³-hybridized carbons (Fsp3) is 0.385. The van der Waals surface area contributed by atoms with Crippen LogP contribution in [0.1, 0.15) is 21.1 Å². The molecular formula is C26H30N4O4S. The molecule has 0 aliphatic carbocycles. The Morgan fingerprint density at radius 1 is 1.03 bits per heavy atom. The van der Waals surface area contributed by atoms with Crippen LogP contribution in [0.3, 0.4) is 0 Å². The van der Waals surface area contributed by atoms with E-state index in [0.717, 1.165) is 67.2 Å². The van der Waals surface area contributed by atoms with Crippen molar-refractivity contribution in [2.75, 3.05) is 67.7 Å². The van der Waals surface area contributed by atoms with Gasteiger partial charge in [0.1, 0.15) is 12.4 Å². The fourth-order valence-electron chi connectivity index (χ4n) is 4.26. The smallest absolute Gasteiger partial charge is 0.255 e. The van der Waals surface area contributed by atoms with E-state index in [0.29, 0.717) is 31.1 Å². The Balaban J connectivity index is 1.33. The number of ether oxygens (including phenoxy) is 3. The van der Waals surface area contributed by atoms with E-state index in [2.05, 4.69) is 32.2 Å². The minimum atomic E-state index is -0.173. The van der Waals surface area contributed by atoms with E-state index in [1.807, 2.05) is 30.5 Å². The molecule has 0 saturated carbocycles. The minimum absolute atomic E-state index is 0.173. The number of carbonyl (C=O) groups is 1. The molecule has 2 aromatic carbocycles. The second-order valence-corrected chi connectivity index (χ2v) is 9.59. The second kappa shape index (κ2) is 11.1. The summed E-state index contributed by atoms with van der Waals surface area (Å²) in [5.41, 5.74) is 4.37. The standard InChI is InChI=1S/C26H30N4O4S/c1-19-27-21(18-35-19)17-34-23-4-2-3-20(15-23)26(31)28-24-6-5-22(29-7-11-32-12-8-29)16-25(24)30-9-13-33-14-10-30/h2-6,15-16,18H,7-14,17H2,1H3,(H,28,31). The molecule has 5 rings (SSSR count). The zero-order valence-corrected chi connectivity index (χ0v) is 20.7. The van der Waals surface area contributed by atoms with Gasteiger partial charge < -0.3 is 29.3 Å². The molecule has 1 aromatic heterocycles. The van der Waals surface area contributed by atoms with Crippen molar-refractivity contribution in [3.8, 4) is 5.75 Å². The molecule has 8 nitrogen and oxygen atoms in total. The lowest BCUT2D eigenvalue weighted by molar-refractivity contribution is 0.102. The molecule has 0 atom stereocenters. The van der Waals surface area contributed by atoms with Gasteiger partial charge in [0.25, 0.3) is 5.91 Å². The number of aryl methyl sites for hydroxylation is 1. The first kappa shape index (κ1) is 23.6. The van der Waals surface area contributed by atoms with Gasteiger partial charge in [-0.2, -0.15) is 0 Å². The SMILES string of the molecule is Cc1nc(COc2cccc(C(=O)Nc3ccc(N4CCOCC4)cc3N3CCOCC3)c2)cs1. The molecule has 0 bridgehead atoms. The lowest BCUT2D eigenvalue weighted by Crippen LogP contribution is -2.38. The lowest BCUT2D eigenvalue weighted by Gasteiger charge is -2.33. The van der Waals surface area contributed by atoms with Crippen LogP contribution in [0.2, 0.25) is 0 Å². The van der Waals surface area contributed by atoms with E-state index in [1.165, 1.54) is 0 Å². The molecule has 9 heteroatoms. The van der Waals surface area contributed by atoms with Crippen molar-refractivity contribution >= 4 is 34.3 Å². The van der Waals surface area contributed by atoms with Crippen LogP contribution in [0.15, 0.2) is 47.8 Å². The van der Waals surface area contributed by atoms with Crippen molar-refractivity contribution in [3.63, 3.8) is 0 Å². The highest BCUT2D eigenvalue weighted by Crippen LogP contribution is 2.32. The highest BCUT2D eigenvalue weighted by molar-refractivity contribution is 7.09. The van der Waals surface area contributed by atoms with E-state index in [-0.39, 0.29) is 5.91 Å². The Hall–Kier alpha value is -3.14. The maximum absolute atomic E-state index is 13.2. The zero-order valence-electron chi connectivity index (χ0n) is 19.9. The van der Waals surface area contributed by atoms with E-state index in [9.17, 15) is 4.79 Å². The van der Waals surface area contributed by atoms with Crippen LogP contribution in [0.25, 0.3) is 0 Å². The van der Waals surface area contributed by atoms with Gasteiger partial charge in [0.15, 0.2) is 0 Å². The van der Waals surface area contributed by atoms with Crippen LogP contribution in [0, 0.1) is 6.92 Å². The highest BCUT2D eigenvalue weighted by Gasteiger charge is 2.20. The predicted octanol–water partition coefficient (Wildman–Crippen LogP) is 3.96. The van der Waals surface area contributed by atoms with Crippen molar-refractivity contribution in [3.05, 3.63) is 64.1 Å². The Bertz CT molecular complexity index is 1160. The van der Waals surface area contributed by atoms with E-state index in [4.69, 9.17) is 14.2 Å². The number of hydrogen-bond acceptors (Lipinski definition) is 8. The molecular weight excluding hydrogens is 464 g/mol. The van der Waals surface area contributed by atoms with Gasteiger partial charge in [-0.3, -0.25) is 4.79 Å². The summed E-state index contributed by atoms with van der Waals surface area (Å²) < 4.78 is 16.9. The summed E-state index contributed by atoms with van der Waals surface area (Å²) in [5.74, 6) is 0.466. The first-order valence-corrected chi connectivity index (χ1v) is 12.8. The topological polar surface area (TPSA) is 76.2 Å². The number of aromatic nitrogens is 1. The fourth-order valence-corrected chi connectivity index (χ4v) is 4.86. The number of hydrogen-bond donors (Lipinski definition) is 1. The largest absolute Gasteiger partial charge is 0.487 e. The normalized spacial score (nSPS) is 16.3. The maximum atomic E-state index is 13.2. The number of thiazole rings is 1. The van der Waals surface area contributed by atoms with Crippen LogP contribution >= 0.6 is 11.3 Å². The number of nitrogens with one attached hydrogen (secondary N) is 1. The highest BCUT2D eigenvalue weighted by atomic mass is 32.1. The average Bonchev–Trinajstić information content (AvgIpc) is 3.34. The molecule has 2 fully saturated rings. The van der Waals surface area contributed by atoms with Gasteiger partial charge in [0.05, 0.1) is 48.5 Å². The van der Waals surface area contributed by atoms with E-state index < -0.39 is 0 Å². The zero-order chi connectivity index (χ0) is 24.0. The number of anilines is 3. The molecule has 0 spiro atoms. The second-order valence-electron chi connectivity index (χ2n) is 8.53. The molecule has 0 radical (unpaired) electrons. The van der Waals surface area contributed by atoms with Crippen molar-refractivity contribution in [2.24, 2.45) is 0 Å². The summed E-state index contributed by atoms with van der Waals surface area (Å²) in [6.45, 7) is 8.45. The van der Waals surface area contributed by atoms with Crippen LogP contribution in [0.5, 0.6) is 5.75 Å². The predicted molar refractivity (Wildman–Crippen MR) is 138 cm³/mol. The van der Waals surface area contributed by atoms with E-state index >= 15 is 0 Å². The Morgan fingerprint density at radius 2 is 1.77 bits per heavy atom. The van der Waals surface area contributed by atoms with Crippen LogP contribution < -0.4 is 19.9 Å². The van der Waals surface area contributed by atoms with Crippen molar-refractivity contribution in [1.29, 1.82) is 0 Å². The Labute approximate surface area is 209 Å². The van der Waals surface area contributed by atoms with Crippen LogP contribution in [0.4, 0.5) is 17.1 Å². The minimum Gasteiger partial charge on any atom is -0.487 e. The summed E-state index contributed by atoms with van der Waals surface area (Å²) in [6, 6.07) is 13.5. The lowest BCUT2D eigenvalue weighted by atomic mass is 10.1. The van der Waals surface area contributed by atoms with Gasteiger partial charge in [-0.05, 0) is 43.3 Å². The summed E-state index contributed by atoms with van der Waals surface area (Å²) >= 11 is 1.60. The number of rotatable bonds is 7. The van der Waals surface area contributed by atoms with Gasteiger partial charge >= 0.3 is 0 Å². The third kappa shape index (κ3) is 5.93. The van der Waals surface area contributed by atoms with Crippen molar-refractivity contribution < 1.29 is 19.0 Å². The molecule has 35 heavy (non-hydrogen) atoms. The van der Waals surface area contributed by atoms with E-state index in [1.54, 1.807) is 23.5 Å². The first-order valence-electron chi connectivity index (χ1n) is 11.9. The Morgan fingerprint density at radius 3 is 2.49 bits per heavy atom. The van der Waals surface area contributed by atoms with Gasteiger partial charge in [-0.25, -0.2) is 4.98 Å². The van der Waals surface area contributed by atoms with Crippen molar-refractivity contribution in [2.45, 2.75) is 13.5 Å². The maximum Gasteiger partial charge on any atom is 0.255 e. The molecule has 1 N–H and O–H groups in total. The van der Waals surface area contributed by atoms with Crippen LogP contribution in [-0.4, -0.2) is 63.5 Å². The quantitative estimate of drug-likeness (QED) is 0.533. The number of carbonyl (C=O) groups excluding carboxylic acids is 1. The van der Waals surface area contributed by atoms with Gasteiger partial charge in [-0.1, -0.05) is 6.07 Å². The molecule has 3 aromatic rings. The molecule has 2 aliphatic rings. The molecule has 184 valence electrons. The number of amides is 1. The number of morpholine rings is 2. The van der Waals surface area contributed by atoms with Crippen LogP contribution in [-0.2, 0) is 16.1 Å². The van der Waals surface area contributed by atoms with Gasteiger partial charge in [0.2, 0.25) is 0 Å². The summed E-state index contributed by atoms with van der Waals surface area (Å²) in [7, 11) is 0. The molecule has 3 heterocycles. The summed E-state index contributed by atoms with van der Waals surface area (Å²) in [6.07, 6.45) is 0. The third-order valence-electron chi connectivity index (χ3n) is 6.11. The third-order valence-corrected chi connectivity index (χ3v) is 6.93. The molecule has 1 amide bonds. The summed E-state index contributed by atoms with van der Waals surface area (Å²) in [5, 5.41) is 6.12. The molecule has 0 unspecified atom stereocenters. The monoisotopic (exact) mass is 494 g/mol. The molecule has 2 saturated heterocycles. The van der Waals surface area contributed by atoms with Gasteiger partial charge in [0, 0.05) is 42.8 Å². The summed E-state index contributed by atoms with van der Waals surface area (Å²) in [4.78, 5) is 22.2. The average molecular weight is 495 g/mol. The van der Waals surface area contributed by atoms with Gasteiger partial charge in [-0.15, -0.1) is 11.3 Å². The van der Waals surface area contributed by atoms with Crippen molar-refractivity contribution in [1.82, 2.24) is 4.98 Å². The number of nitrogens with zero attached hydrogens (tertiary/aromatic N) is 3. The Kier molecular flexibility index (Phi) is 7.46. The first-order chi connectivity index (χ1) is 17.2. The molecule has 2 aliphatic heterocycles.